The first-order valence-electron chi connectivity index (χ1n) is 10.3. The van der Waals surface area contributed by atoms with Gasteiger partial charge in [0.25, 0.3) is 0 Å². The summed E-state index contributed by atoms with van der Waals surface area (Å²) < 4.78 is 1.99. The van der Waals surface area contributed by atoms with Crippen LogP contribution in [0.3, 0.4) is 0 Å². The van der Waals surface area contributed by atoms with E-state index in [1.54, 1.807) is 0 Å². The van der Waals surface area contributed by atoms with Gasteiger partial charge >= 0.3 is 0 Å². The quantitative estimate of drug-likeness (QED) is 0.797. The van der Waals surface area contributed by atoms with Crippen LogP contribution < -0.4 is 0 Å². The molecule has 3 heterocycles. The van der Waals surface area contributed by atoms with Crippen molar-refractivity contribution in [3.63, 3.8) is 0 Å². The van der Waals surface area contributed by atoms with E-state index in [0.29, 0.717) is 6.54 Å². The Bertz CT molecular complexity index is 828. The van der Waals surface area contributed by atoms with Gasteiger partial charge in [-0.3, -0.25) is 19.4 Å². The van der Waals surface area contributed by atoms with Gasteiger partial charge in [-0.2, -0.15) is 5.10 Å². The monoisotopic (exact) mass is 383 g/mol. The minimum absolute atomic E-state index is 0.0672. The highest BCUT2D eigenvalue weighted by Crippen LogP contribution is 2.16. The molecule has 1 atom stereocenters. The smallest absolute Gasteiger partial charge is 0.227 e. The molecule has 1 amide bonds. The number of hydrogen-bond donors (Lipinski definition) is 0. The number of carbonyl (C=O) groups is 1. The Hall–Kier alpha value is -2.21. The zero-order valence-electron chi connectivity index (χ0n) is 17.9. The lowest BCUT2D eigenvalue weighted by Crippen LogP contribution is -2.39. The Morgan fingerprint density at radius 3 is 2.57 bits per heavy atom. The molecular weight excluding hydrogens is 350 g/mol. The lowest BCUT2D eigenvalue weighted by Gasteiger charge is -2.25. The first-order valence-corrected chi connectivity index (χ1v) is 10.3. The summed E-state index contributed by atoms with van der Waals surface area (Å²) in [7, 11) is 0. The van der Waals surface area contributed by atoms with Gasteiger partial charge in [-0.1, -0.05) is 13.0 Å². The average Bonchev–Trinajstić information content (AvgIpc) is 2.84. The fourth-order valence-corrected chi connectivity index (χ4v) is 3.88. The highest BCUT2D eigenvalue weighted by Gasteiger charge is 2.24. The van der Waals surface area contributed by atoms with Crippen LogP contribution in [0.4, 0.5) is 0 Å². The summed E-state index contributed by atoms with van der Waals surface area (Å²) >= 11 is 0. The number of amides is 1. The van der Waals surface area contributed by atoms with Crippen LogP contribution in [-0.2, 0) is 17.9 Å². The van der Waals surface area contributed by atoms with Crippen LogP contribution in [0.25, 0.3) is 0 Å². The molecule has 1 aliphatic heterocycles. The topological polar surface area (TPSA) is 54.3 Å². The maximum Gasteiger partial charge on any atom is 0.227 e. The van der Waals surface area contributed by atoms with Gasteiger partial charge < -0.3 is 4.90 Å². The second kappa shape index (κ2) is 8.86. The molecule has 28 heavy (non-hydrogen) atoms. The van der Waals surface area contributed by atoms with Crippen molar-refractivity contribution in [2.45, 2.75) is 54.1 Å². The largest absolute Gasteiger partial charge is 0.341 e. The highest BCUT2D eigenvalue weighted by atomic mass is 16.2. The second-order valence-electron chi connectivity index (χ2n) is 8.10. The van der Waals surface area contributed by atoms with E-state index in [4.69, 9.17) is 0 Å². The summed E-state index contributed by atoms with van der Waals surface area (Å²) in [5.41, 5.74) is 5.58. The Kier molecular flexibility index (Phi) is 6.50. The molecule has 0 N–H and O–H groups in total. The van der Waals surface area contributed by atoms with E-state index in [9.17, 15) is 4.79 Å². The van der Waals surface area contributed by atoms with Crippen LogP contribution in [0.15, 0.2) is 18.2 Å². The number of aromatic nitrogens is 3. The molecule has 6 heteroatoms. The van der Waals surface area contributed by atoms with E-state index in [1.807, 2.05) is 36.4 Å². The molecule has 0 bridgehead atoms. The van der Waals surface area contributed by atoms with Gasteiger partial charge in [-0.25, -0.2) is 0 Å². The number of aryl methyl sites for hydroxylation is 2. The van der Waals surface area contributed by atoms with E-state index in [1.165, 1.54) is 5.56 Å². The number of pyridine rings is 1. The Morgan fingerprint density at radius 2 is 1.89 bits per heavy atom. The van der Waals surface area contributed by atoms with Crippen molar-refractivity contribution in [1.29, 1.82) is 0 Å². The average molecular weight is 384 g/mol. The number of hydrogen-bond acceptors (Lipinski definition) is 4. The maximum atomic E-state index is 13.0. The second-order valence-corrected chi connectivity index (χ2v) is 8.10. The van der Waals surface area contributed by atoms with Crippen LogP contribution >= 0.6 is 0 Å². The van der Waals surface area contributed by atoms with Crippen LogP contribution in [0, 0.1) is 33.6 Å². The summed E-state index contributed by atoms with van der Waals surface area (Å²) in [5.74, 6) is 0.170. The summed E-state index contributed by atoms with van der Waals surface area (Å²) in [5, 5.41) is 4.59. The molecule has 2 aromatic rings. The molecule has 0 saturated carbocycles. The molecule has 152 valence electrons. The highest BCUT2D eigenvalue weighted by molar-refractivity contribution is 5.78. The van der Waals surface area contributed by atoms with Crippen LogP contribution in [-0.4, -0.2) is 56.7 Å². The molecule has 6 nitrogen and oxygen atoms in total. The molecular formula is C22H33N5O. The van der Waals surface area contributed by atoms with Gasteiger partial charge in [0.05, 0.1) is 23.9 Å². The van der Waals surface area contributed by atoms with Crippen LogP contribution in [0.1, 0.15) is 41.7 Å². The number of carbonyl (C=O) groups excluding carboxylic acids is 1. The Labute approximate surface area is 168 Å². The molecule has 1 saturated heterocycles. The van der Waals surface area contributed by atoms with Crippen molar-refractivity contribution in [3.8, 4) is 0 Å². The SMILES string of the molecule is Cc1cccc(CN2CCCN(C(=O)[C@H](C)Cn3nc(C)c(C)c3C)CC2)n1. The van der Waals surface area contributed by atoms with Gasteiger partial charge in [0.2, 0.25) is 5.91 Å². The van der Waals surface area contributed by atoms with Crippen molar-refractivity contribution >= 4 is 5.91 Å². The number of nitrogens with zero attached hydrogens (tertiary/aromatic N) is 5. The summed E-state index contributed by atoms with van der Waals surface area (Å²) in [6.07, 6.45) is 1.00. The third-order valence-electron chi connectivity index (χ3n) is 5.84. The Morgan fingerprint density at radius 1 is 1.11 bits per heavy atom. The van der Waals surface area contributed by atoms with Crippen LogP contribution in [0.5, 0.6) is 0 Å². The minimum atomic E-state index is -0.0672. The third-order valence-corrected chi connectivity index (χ3v) is 5.84. The first-order chi connectivity index (χ1) is 13.3. The normalized spacial score (nSPS) is 16.8. The van der Waals surface area contributed by atoms with Crippen molar-refractivity contribution in [1.82, 2.24) is 24.6 Å². The van der Waals surface area contributed by atoms with E-state index in [2.05, 4.69) is 41.0 Å². The fourth-order valence-electron chi connectivity index (χ4n) is 3.88. The van der Waals surface area contributed by atoms with Crippen LogP contribution in [0.2, 0.25) is 0 Å². The molecule has 1 fully saturated rings. The maximum absolute atomic E-state index is 13.0. The molecule has 0 unspecified atom stereocenters. The molecule has 3 rings (SSSR count). The Balaban J connectivity index is 1.56. The van der Waals surface area contributed by atoms with Gasteiger partial charge in [-0.15, -0.1) is 0 Å². The van der Waals surface area contributed by atoms with Gasteiger partial charge in [0.1, 0.15) is 0 Å². The van der Waals surface area contributed by atoms with Gasteiger partial charge in [-0.05, 0) is 51.8 Å². The summed E-state index contributed by atoms with van der Waals surface area (Å²) in [6.45, 7) is 15.3. The molecule has 0 spiro atoms. The summed E-state index contributed by atoms with van der Waals surface area (Å²) in [6, 6.07) is 6.17. The van der Waals surface area contributed by atoms with Gasteiger partial charge in [0.15, 0.2) is 0 Å². The third kappa shape index (κ3) is 4.79. The summed E-state index contributed by atoms with van der Waals surface area (Å²) in [4.78, 5) is 22.1. The van der Waals surface area contributed by atoms with Crippen molar-refractivity contribution < 1.29 is 4.79 Å². The van der Waals surface area contributed by atoms with Crippen molar-refractivity contribution in [3.05, 3.63) is 46.5 Å². The van der Waals surface area contributed by atoms with Crippen molar-refractivity contribution in [2.24, 2.45) is 5.92 Å². The van der Waals surface area contributed by atoms with E-state index in [-0.39, 0.29) is 11.8 Å². The molecule has 2 aromatic heterocycles. The molecule has 0 aromatic carbocycles. The van der Waals surface area contributed by atoms with Gasteiger partial charge in [0, 0.05) is 44.1 Å². The van der Waals surface area contributed by atoms with E-state index < -0.39 is 0 Å². The number of rotatable bonds is 5. The lowest BCUT2D eigenvalue weighted by atomic mass is 10.1. The zero-order chi connectivity index (χ0) is 20.3. The molecule has 0 radical (unpaired) electrons. The molecule has 0 aliphatic carbocycles. The lowest BCUT2D eigenvalue weighted by molar-refractivity contribution is -0.135. The van der Waals surface area contributed by atoms with E-state index in [0.717, 1.165) is 61.9 Å². The first kappa shape index (κ1) is 20.5. The minimum Gasteiger partial charge on any atom is -0.341 e. The zero-order valence-corrected chi connectivity index (χ0v) is 17.9. The fraction of sp³-hybridized carbons (Fsp3) is 0.591. The van der Waals surface area contributed by atoms with E-state index >= 15 is 0 Å². The van der Waals surface area contributed by atoms with Crippen molar-refractivity contribution in [2.75, 3.05) is 26.2 Å². The predicted molar refractivity (Wildman–Crippen MR) is 111 cm³/mol. The standard InChI is InChI=1S/C22H33N5O/c1-16(14-27-20(5)18(3)19(4)24-27)22(28)26-11-7-10-25(12-13-26)15-21-9-6-8-17(2)23-21/h6,8-9,16H,7,10-15H2,1-5H3/t16-/m1/s1. The molecule has 1 aliphatic rings. The predicted octanol–water partition coefficient (Wildman–Crippen LogP) is 2.88.